The van der Waals surface area contributed by atoms with Crippen LogP contribution < -0.4 is 10.5 Å². The molecular formula is C21H26N2O3. The van der Waals surface area contributed by atoms with Crippen molar-refractivity contribution in [3.8, 4) is 5.75 Å². The van der Waals surface area contributed by atoms with Crippen molar-refractivity contribution in [1.29, 1.82) is 0 Å². The maximum absolute atomic E-state index is 12.6. The van der Waals surface area contributed by atoms with Gasteiger partial charge in [-0.25, -0.2) is 0 Å². The van der Waals surface area contributed by atoms with E-state index < -0.39 is 5.91 Å². The van der Waals surface area contributed by atoms with Crippen LogP contribution in [0.3, 0.4) is 0 Å². The minimum Gasteiger partial charge on any atom is -0.483 e. The molecule has 0 unspecified atom stereocenters. The summed E-state index contributed by atoms with van der Waals surface area (Å²) in [6.07, 6.45) is 0.860. The zero-order chi connectivity index (χ0) is 18.9. The summed E-state index contributed by atoms with van der Waals surface area (Å²) in [4.78, 5) is 25.4. The molecule has 26 heavy (non-hydrogen) atoms. The predicted molar refractivity (Wildman–Crippen MR) is 102 cm³/mol. The molecule has 0 heterocycles. The number of amides is 2. The van der Waals surface area contributed by atoms with Crippen LogP contribution in [0, 0.1) is 13.8 Å². The molecule has 138 valence electrons. The molecule has 0 aromatic heterocycles. The number of carbonyl (C=O) groups excluding carboxylic acids is 2. The van der Waals surface area contributed by atoms with Gasteiger partial charge in [-0.1, -0.05) is 48.5 Å². The SMILES string of the molecule is Cc1cccc(C)c1OCC(=O)N(CCC(N)=O)CCc1ccccc1. The van der Waals surface area contributed by atoms with Gasteiger partial charge in [0.25, 0.3) is 5.91 Å². The van der Waals surface area contributed by atoms with Crippen LogP contribution in [0.2, 0.25) is 0 Å². The monoisotopic (exact) mass is 354 g/mol. The van der Waals surface area contributed by atoms with E-state index in [9.17, 15) is 9.59 Å². The van der Waals surface area contributed by atoms with Gasteiger partial charge in [0.15, 0.2) is 6.61 Å². The van der Waals surface area contributed by atoms with Gasteiger partial charge in [-0.2, -0.15) is 0 Å². The topological polar surface area (TPSA) is 72.6 Å². The van der Waals surface area contributed by atoms with Crippen LogP contribution in [0.4, 0.5) is 0 Å². The largest absolute Gasteiger partial charge is 0.483 e. The Morgan fingerprint density at radius 3 is 2.23 bits per heavy atom. The maximum atomic E-state index is 12.6. The van der Waals surface area contributed by atoms with Gasteiger partial charge in [0.1, 0.15) is 5.75 Å². The number of carbonyl (C=O) groups is 2. The summed E-state index contributed by atoms with van der Waals surface area (Å²) < 4.78 is 5.76. The molecule has 0 radical (unpaired) electrons. The minimum absolute atomic E-state index is 0.0563. The quantitative estimate of drug-likeness (QED) is 0.752. The summed E-state index contributed by atoms with van der Waals surface area (Å²) in [5, 5.41) is 0. The lowest BCUT2D eigenvalue weighted by molar-refractivity contribution is -0.133. The molecule has 0 aliphatic rings. The fourth-order valence-electron chi connectivity index (χ4n) is 2.77. The Hall–Kier alpha value is -2.82. The average Bonchev–Trinajstić information content (AvgIpc) is 2.61. The van der Waals surface area contributed by atoms with E-state index in [-0.39, 0.29) is 18.9 Å². The standard InChI is InChI=1S/C21H26N2O3/c1-16-7-6-8-17(2)21(16)26-15-20(25)23(14-12-19(22)24)13-11-18-9-4-3-5-10-18/h3-10H,11-15H2,1-2H3,(H2,22,24). The van der Waals surface area contributed by atoms with Gasteiger partial charge in [0.2, 0.25) is 5.91 Å². The second-order valence-corrected chi connectivity index (χ2v) is 6.34. The molecule has 2 rings (SSSR count). The van der Waals surface area contributed by atoms with Crippen molar-refractivity contribution >= 4 is 11.8 Å². The first-order chi connectivity index (χ1) is 12.5. The Balaban J connectivity index is 1.98. The molecule has 0 spiro atoms. The first kappa shape index (κ1) is 19.5. The summed E-state index contributed by atoms with van der Waals surface area (Å²) in [6.45, 7) is 4.67. The number of nitrogens with zero attached hydrogens (tertiary/aromatic N) is 1. The smallest absolute Gasteiger partial charge is 0.260 e. The van der Waals surface area contributed by atoms with Crippen molar-refractivity contribution in [2.45, 2.75) is 26.7 Å². The molecule has 5 heteroatoms. The van der Waals surface area contributed by atoms with E-state index in [1.165, 1.54) is 0 Å². The first-order valence-electron chi connectivity index (χ1n) is 8.76. The van der Waals surface area contributed by atoms with Crippen LogP contribution in [0.25, 0.3) is 0 Å². The number of para-hydroxylation sites is 1. The fraction of sp³-hybridized carbons (Fsp3) is 0.333. The molecule has 2 amide bonds. The number of ether oxygens (including phenoxy) is 1. The third-order valence-corrected chi connectivity index (χ3v) is 4.24. The molecule has 2 N–H and O–H groups in total. The first-order valence-corrected chi connectivity index (χ1v) is 8.76. The Bertz CT molecular complexity index is 724. The number of aryl methyl sites for hydroxylation is 2. The van der Waals surface area contributed by atoms with Crippen LogP contribution in [0.15, 0.2) is 48.5 Å². The summed E-state index contributed by atoms with van der Waals surface area (Å²) in [5.74, 6) is 0.168. The highest BCUT2D eigenvalue weighted by molar-refractivity contribution is 5.79. The van der Waals surface area contributed by atoms with Crippen molar-refractivity contribution in [2.24, 2.45) is 5.73 Å². The van der Waals surface area contributed by atoms with Crippen molar-refractivity contribution in [3.63, 3.8) is 0 Å². The predicted octanol–water partition coefficient (Wildman–Crippen LogP) is 2.63. The summed E-state index contributed by atoms with van der Waals surface area (Å²) in [7, 11) is 0. The van der Waals surface area contributed by atoms with Gasteiger partial charge in [-0.05, 0) is 37.0 Å². The lowest BCUT2D eigenvalue weighted by Gasteiger charge is -2.23. The van der Waals surface area contributed by atoms with E-state index in [4.69, 9.17) is 10.5 Å². The van der Waals surface area contributed by atoms with E-state index in [0.29, 0.717) is 19.5 Å². The molecule has 0 saturated carbocycles. The minimum atomic E-state index is -0.418. The van der Waals surface area contributed by atoms with Gasteiger partial charge in [0, 0.05) is 19.5 Å². The Kier molecular flexibility index (Phi) is 7.21. The highest BCUT2D eigenvalue weighted by Crippen LogP contribution is 2.22. The van der Waals surface area contributed by atoms with E-state index in [1.807, 2.05) is 62.4 Å². The zero-order valence-electron chi connectivity index (χ0n) is 15.4. The van der Waals surface area contributed by atoms with Gasteiger partial charge < -0.3 is 15.4 Å². The fourth-order valence-corrected chi connectivity index (χ4v) is 2.77. The summed E-state index contributed by atoms with van der Waals surface area (Å²) in [5.41, 5.74) is 8.37. The van der Waals surface area contributed by atoms with Crippen LogP contribution in [0.1, 0.15) is 23.1 Å². The molecule has 2 aromatic carbocycles. The molecule has 0 atom stereocenters. The van der Waals surface area contributed by atoms with Crippen molar-refractivity contribution in [1.82, 2.24) is 4.90 Å². The van der Waals surface area contributed by atoms with Gasteiger partial charge in [-0.3, -0.25) is 9.59 Å². The average molecular weight is 354 g/mol. The molecule has 0 aliphatic heterocycles. The van der Waals surface area contributed by atoms with Crippen molar-refractivity contribution in [2.75, 3.05) is 19.7 Å². The number of hydrogen-bond donors (Lipinski definition) is 1. The second-order valence-electron chi connectivity index (χ2n) is 6.34. The van der Waals surface area contributed by atoms with E-state index in [0.717, 1.165) is 22.4 Å². The number of primary amides is 1. The third kappa shape index (κ3) is 5.92. The molecule has 0 fully saturated rings. The number of rotatable bonds is 9. The Labute approximate surface area is 154 Å². The number of benzene rings is 2. The van der Waals surface area contributed by atoms with E-state index in [2.05, 4.69) is 0 Å². The lowest BCUT2D eigenvalue weighted by atomic mass is 10.1. The van der Waals surface area contributed by atoms with Crippen molar-refractivity contribution < 1.29 is 14.3 Å². The zero-order valence-corrected chi connectivity index (χ0v) is 15.4. The van der Waals surface area contributed by atoms with Gasteiger partial charge in [-0.15, -0.1) is 0 Å². The molecule has 2 aromatic rings. The normalized spacial score (nSPS) is 10.4. The summed E-state index contributed by atoms with van der Waals surface area (Å²) >= 11 is 0. The molecule has 0 bridgehead atoms. The van der Waals surface area contributed by atoms with Crippen LogP contribution in [-0.2, 0) is 16.0 Å². The molecule has 5 nitrogen and oxygen atoms in total. The highest BCUT2D eigenvalue weighted by Gasteiger charge is 2.16. The maximum Gasteiger partial charge on any atom is 0.260 e. The Morgan fingerprint density at radius 2 is 1.62 bits per heavy atom. The number of nitrogens with two attached hydrogens (primary N) is 1. The molecule has 0 aliphatic carbocycles. The van der Waals surface area contributed by atoms with Crippen LogP contribution >= 0.6 is 0 Å². The number of hydrogen-bond acceptors (Lipinski definition) is 3. The lowest BCUT2D eigenvalue weighted by Crippen LogP contribution is -2.38. The Morgan fingerprint density at radius 1 is 0.962 bits per heavy atom. The van der Waals surface area contributed by atoms with Crippen LogP contribution in [-0.4, -0.2) is 36.4 Å². The second kappa shape index (κ2) is 9.61. The van der Waals surface area contributed by atoms with Crippen molar-refractivity contribution in [3.05, 3.63) is 65.2 Å². The van der Waals surface area contributed by atoms with Crippen LogP contribution in [0.5, 0.6) is 5.75 Å². The van der Waals surface area contributed by atoms with Gasteiger partial charge in [0.05, 0.1) is 0 Å². The molecule has 0 saturated heterocycles. The van der Waals surface area contributed by atoms with E-state index in [1.54, 1.807) is 4.90 Å². The van der Waals surface area contributed by atoms with E-state index >= 15 is 0 Å². The summed E-state index contributed by atoms with van der Waals surface area (Å²) in [6, 6.07) is 15.8. The third-order valence-electron chi connectivity index (χ3n) is 4.24. The molecular weight excluding hydrogens is 328 g/mol. The van der Waals surface area contributed by atoms with Gasteiger partial charge >= 0.3 is 0 Å². The highest BCUT2D eigenvalue weighted by atomic mass is 16.5.